The van der Waals surface area contributed by atoms with Crippen LogP contribution in [0.1, 0.15) is 15.9 Å². The molecular formula is C18H12ClNO. The zero-order chi connectivity index (χ0) is 14.7. The molecule has 3 heteroatoms. The highest BCUT2D eigenvalue weighted by molar-refractivity contribution is 6.34. The molecule has 2 nitrogen and oxygen atoms in total. The van der Waals surface area contributed by atoms with Gasteiger partial charge in [0.1, 0.15) is 5.15 Å². The molecule has 0 aliphatic rings. The molecule has 0 aliphatic heterocycles. The molecule has 3 rings (SSSR count). The van der Waals surface area contributed by atoms with E-state index in [1.807, 2.05) is 54.6 Å². The molecule has 0 bridgehead atoms. The summed E-state index contributed by atoms with van der Waals surface area (Å²) in [6.45, 7) is 0. The summed E-state index contributed by atoms with van der Waals surface area (Å²) in [5.74, 6) is -0.151. The molecule has 21 heavy (non-hydrogen) atoms. The second kappa shape index (κ2) is 5.90. The summed E-state index contributed by atoms with van der Waals surface area (Å²) in [7, 11) is 0. The molecule has 2 aromatic carbocycles. The minimum Gasteiger partial charge on any atom is -0.289 e. The van der Waals surface area contributed by atoms with E-state index in [-0.39, 0.29) is 10.9 Å². The first-order valence-corrected chi connectivity index (χ1v) is 6.94. The van der Waals surface area contributed by atoms with Gasteiger partial charge in [0, 0.05) is 5.39 Å². The maximum absolute atomic E-state index is 12.3. The lowest BCUT2D eigenvalue weighted by molar-refractivity contribution is 0.104. The summed E-state index contributed by atoms with van der Waals surface area (Å²) < 4.78 is 0. The molecule has 0 radical (unpaired) electrons. The SMILES string of the molecule is O=C(C=Cc1ccccc1)c1cc2ccccc2nc1Cl. The van der Waals surface area contributed by atoms with Crippen LogP contribution in [0.25, 0.3) is 17.0 Å². The van der Waals surface area contributed by atoms with Gasteiger partial charge in [-0.2, -0.15) is 0 Å². The molecular weight excluding hydrogens is 282 g/mol. The standard InChI is InChI=1S/C18H12ClNO/c19-18-15(12-14-8-4-5-9-16(14)20-18)17(21)11-10-13-6-2-1-3-7-13/h1-12H. The number of hydrogen-bond donors (Lipinski definition) is 0. The third-order valence-corrected chi connectivity index (χ3v) is 3.46. The number of carbonyl (C=O) groups excluding carboxylic acids is 1. The van der Waals surface area contributed by atoms with Gasteiger partial charge in [-0.3, -0.25) is 4.79 Å². The molecule has 102 valence electrons. The quantitative estimate of drug-likeness (QED) is 0.395. The van der Waals surface area contributed by atoms with Gasteiger partial charge in [-0.05, 0) is 23.8 Å². The first-order chi connectivity index (χ1) is 10.2. The fourth-order valence-corrected chi connectivity index (χ4v) is 2.33. The van der Waals surface area contributed by atoms with E-state index >= 15 is 0 Å². The van der Waals surface area contributed by atoms with E-state index in [1.165, 1.54) is 6.08 Å². The Balaban J connectivity index is 1.94. The molecule has 0 unspecified atom stereocenters. The molecule has 0 atom stereocenters. The van der Waals surface area contributed by atoms with Crippen molar-refractivity contribution in [1.82, 2.24) is 4.98 Å². The number of benzene rings is 2. The van der Waals surface area contributed by atoms with E-state index in [9.17, 15) is 4.79 Å². The van der Waals surface area contributed by atoms with Gasteiger partial charge >= 0.3 is 0 Å². The van der Waals surface area contributed by atoms with Gasteiger partial charge in [-0.25, -0.2) is 4.98 Å². The number of allylic oxidation sites excluding steroid dienone is 1. The normalized spacial score (nSPS) is 11.1. The summed E-state index contributed by atoms with van der Waals surface area (Å²) in [5, 5.41) is 1.13. The molecule has 3 aromatic rings. The lowest BCUT2D eigenvalue weighted by Gasteiger charge is -2.03. The minimum absolute atomic E-state index is 0.151. The molecule has 0 saturated heterocycles. The van der Waals surface area contributed by atoms with Gasteiger partial charge in [-0.15, -0.1) is 0 Å². The number of pyridine rings is 1. The first-order valence-electron chi connectivity index (χ1n) is 6.57. The van der Waals surface area contributed by atoms with Crippen LogP contribution in [-0.4, -0.2) is 10.8 Å². The first kappa shape index (κ1) is 13.5. The second-order valence-corrected chi connectivity index (χ2v) is 4.99. The number of aromatic nitrogens is 1. The summed E-state index contributed by atoms with van der Waals surface area (Å²) in [5.41, 5.74) is 2.17. The number of halogens is 1. The van der Waals surface area contributed by atoms with Crippen molar-refractivity contribution in [2.75, 3.05) is 0 Å². The molecule has 0 fully saturated rings. The molecule has 0 spiro atoms. The third-order valence-electron chi connectivity index (χ3n) is 3.17. The van der Waals surface area contributed by atoms with Crippen molar-refractivity contribution >= 4 is 34.4 Å². The van der Waals surface area contributed by atoms with Crippen LogP contribution in [0.5, 0.6) is 0 Å². The highest BCUT2D eigenvalue weighted by Gasteiger charge is 2.10. The Morgan fingerprint density at radius 3 is 2.52 bits per heavy atom. The smallest absolute Gasteiger partial charge is 0.188 e. The number of carbonyl (C=O) groups is 1. The molecule has 1 aromatic heterocycles. The van der Waals surface area contributed by atoms with Crippen molar-refractivity contribution in [3.63, 3.8) is 0 Å². The Morgan fingerprint density at radius 2 is 1.71 bits per heavy atom. The highest BCUT2D eigenvalue weighted by atomic mass is 35.5. The van der Waals surface area contributed by atoms with Gasteiger partial charge in [0.25, 0.3) is 0 Å². The van der Waals surface area contributed by atoms with E-state index < -0.39 is 0 Å². The molecule has 1 heterocycles. The lowest BCUT2D eigenvalue weighted by Crippen LogP contribution is -1.98. The molecule has 0 N–H and O–H groups in total. The zero-order valence-electron chi connectivity index (χ0n) is 11.2. The van der Waals surface area contributed by atoms with Crippen LogP contribution in [0, 0.1) is 0 Å². The van der Waals surface area contributed by atoms with Crippen molar-refractivity contribution in [3.8, 4) is 0 Å². The van der Waals surface area contributed by atoms with Crippen LogP contribution in [0.4, 0.5) is 0 Å². The van der Waals surface area contributed by atoms with Crippen molar-refractivity contribution in [1.29, 1.82) is 0 Å². The van der Waals surface area contributed by atoms with Crippen LogP contribution < -0.4 is 0 Å². The number of fused-ring (bicyclic) bond motifs is 1. The van der Waals surface area contributed by atoms with Crippen LogP contribution in [0.3, 0.4) is 0 Å². The number of hydrogen-bond acceptors (Lipinski definition) is 2. The van der Waals surface area contributed by atoms with Crippen molar-refractivity contribution < 1.29 is 4.79 Å². The van der Waals surface area contributed by atoms with Gasteiger partial charge in [0.2, 0.25) is 0 Å². The Morgan fingerprint density at radius 1 is 1.00 bits per heavy atom. The van der Waals surface area contributed by atoms with Crippen LogP contribution in [-0.2, 0) is 0 Å². The monoisotopic (exact) mass is 293 g/mol. The number of ketones is 1. The second-order valence-electron chi connectivity index (χ2n) is 4.63. The Kier molecular flexibility index (Phi) is 3.80. The number of nitrogens with zero attached hydrogens (tertiary/aromatic N) is 1. The largest absolute Gasteiger partial charge is 0.289 e. The van der Waals surface area contributed by atoms with Gasteiger partial charge in [0.15, 0.2) is 5.78 Å². The van der Waals surface area contributed by atoms with Crippen molar-refractivity contribution in [2.24, 2.45) is 0 Å². The predicted octanol–water partition coefficient (Wildman–Crippen LogP) is 4.78. The number of rotatable bonds is 3. The van der Waals surface area contributed by atoms with Gasteiger partial charge in [-0.1, -0.05) is 66.2 Å². The van der Waals surface area contributed by atoms with Crippen molar-refractivity contribution in [2.45, 2.75) is 0 Å². The van der Waals surface area contributed by atoms with E-state index in [2.05, 4.69) is 4.98 Å². The van der Waals surface area contributed by atoms with E-state index in [1.54, 1.807) is 12.1 Å². The molecule has 0 aliphatic carbocycles. The van der Waals surface area contributed by atoms with Crippen LogP contribution >= 0.6 is 11.6 Å². The Hall–Kier alpha value is -2.45. The number of para-hydroxylation sites is 1. The zero-order valence-corrected chi connectivity index (χ0v) is 11.9. The van der Waals surface area contributed by atoms with E-state index in [4.69, 9.17) is 11.6 Å². The predicted molar refractivity (Wildman–Crippen MR) is 86.6 cm³/mol. The maximum atomic E-state index is 12.3. The third kappa shape index (κ3) is 3.01. The summed E-state index contributed by atoms with van der Waals surface area (Å²) in [6.07, 6.45) is 3.29. The lowest BCUT2D eigenvalue weighted by atomic mass is 10.1. The summed E-state index contributed by atoms with van der Waals surface area (Å²) in [4.78, 5) is 16.5. The Bertz CT molecular complexity index is 825. The average molecular weight is 294 g/mol. The van der Waals surface area contributed by atoms with Gasteiger partial charge in [0.05, 0.1) is 11.1 Å². The minimum atomic E-state index is -0.151. The fraction of sp³-hybridized carbons (Fsp3) is 0. The Labute approximate surface area is 127 Å². The summed E-state index contributed by atoms with van der Waals surface area (Å²) in [6, 6.07) is 19.0. The maximum Gasteiger partial charge on any atom is 0.188 e. The molecule has 0 saturated carbocycles. The highest BCUT2D eigenvalue weighted by Crippen LogP contribution is 2.21. The average Bonchev–Trinajstić information content (AvgIpc) is 2.53. The van der Waals surface area contributed by atoms with Crippen LogP contribution in [0.2, 0.25) is 5.15 Å². The van der Waals surface area contributed by atoms with Crippen LogP contribution in [0.15, 0.2) is 66.7 Å². The topological polar surface area (TPSA) is 30.0 Å². The summed E-state index contributed by atoms with van der Waals surface area (Å²) >= 11 is 6.11. The van der Waals surface area contributed by atoms with Crippen molar-refractivity contribution in [3.05, 3.63) is 83.0 Å². The van der Waals surface area contributed by atoms with E-state index in [0.717, 1.165) is 16.5 Å². The van der Waals surface area contributed by atoms with E-state index in [0.29, 0.717) is 5.56 Å². The van der Waals surface area contributed by atoms with Gasteiger partial charge < -0.3 is 0 Å². The molecule has 0 amide bonds. The fourth-order valence-electron chi connectivity index (χ4n) is 2.09.